The first-order valence-electron chi connectivity index (χ1n) is 7.34. The van der Waals surface area contributed by atoms with Gasteiger partial charge >= 0.3 is 0 Å². The minimum absolute atomic E-state index is 0.201. The van der Waals surface area contributed by atoms with Gasteiger partial charge in [0.15, 0.2) is 5.82 Å². The first kappa shape index (κ1) is 15.2. The van der Waals surface area contributed by atoms with Gasteiger partial charge in [-0.1, -0.05) is 12.2 Å². The molecule has 6 heteroatoms. The van der Waals surface area contributed by atoms with Crippen molar-refractivity contribution < 1.29 is 4.39 Å². The lowest BCUT2D eigenvalue weighted by molar-refractivity contribution is 0.188. The van der Waals surface area contributed by atoms with Crippen molar-refractivity contribution >= 4 is 38.8 Å². The zero-order valence-electron chi connectivity index (χ0n) is 11.7. The number of fused-ring (bicyclic) bond motifs is 1. The molecule has 0 aromatic heterocycles. The van der Waals surface area contributed by atoms with E-state index in [0.29, 0.717) is 27.8 Å². The molecule has 1 aromatic carbocycles. The van der Waals surface area contributed by atoms with Gasteiger partial charge < -0.3 is 16.0 Å². The molecule has 0 aliphatic carbocycles. The number of nitrogens with zero attached hydrogens (tertiary/aromatic N) is 1. The second kappa shape index (κ2) is 6.18. The van der Waals surface area contributed by atoms with E-state index in [2.05, 4.69) is 26.1 Å². The van der Waals surface area contributed by atoms with Crippen molar-refractivity contribution in [3.63, 3.8) is 0 Å². The fraction of sp³-hybridized carbons (Fsp3) is 0.533. The molecule has 0 bridgehead atoms. The van der Waals surface area contributed by atoms with Crippen molar-refractivity contribution in [2.24, 2.45) is 5.73 Å². The van der Waals surface area contributed by atoms with Gasteiger partial charge in [0.05, 0.1) is 10.2 Å². The summed E-state index contributed by atoms with van der Waals surface area (Å²) in [6, 6.07) is 4.50. The van der Waals surface area contributed by atoms with E-state index in [4.69, 9.17) is 18.0 Å². The molecule has 0 amide bonds. The van der Waals surface area contributed by atoms with Gasteiger partial charge in [-0.05, 0) is 60.3 Å². The number of halogens is 2. The Morgan fingerprint density at radius 3 is 2.95 bits per heavy atom. The molecule has 1 aromatic rings. The van der Waals surface area contributed by atoms with Crippen LogP contribution in [0.2, 0.25) is 0 Å². The van der Waals surface area contributed by atoms with Gasteiger partial charge in [0.25, 0.3) is 0 Å². The van der Waals surface area contributed by atoms with Crippen LogP contribution in [0.1, 0.15) is 31.2 Å². The van der Waals surface area contributed by atoms with Crippen LogP contribution in [0.4, 0.5) is 10.1 Å². The summed E-state index contributed by atoms with van der Waals surface area (Å²) in [6.07, 6.45) is 4.71. The molecule has 2 unspecified atom stereocenters. The number of hydrogen-bond donors (Lipinski definition) is 2. The van der Waals surface area contributed by atoms with Gasteiger partial charge in [-0.15, -0.1) is 0 Å². The van der Waals surface area contributed by atoms with E-state index >= 15 is 0 Å². The summed E-state index contributed by atoms with van der Waals surface area (Å²) in [5, 5.41) is 3.35. The van der Waals surface area contributed by atoms with Gasteiger partial charge in [-0.2, -0.15) is 0 Å². The zero-order valence-corrected chi connectivity index (χ0v) is 14.1. The van der Waals surface area contributed by atoms with Gasteiger partial charge in [-0.25, -0.2) is 4.39 Å². The van der Waals surface area contributed by atoms with Crippen molar-refractivity contribution in [2.45, 2.75) is 37.8 Å². The molecular weight excluding hydrogens is 353 g/mol. The fourth-order valence-electron chi connectivity index (χ4n) is 3.43. The van der Waals surface area contributed by atoms with E-state index in [0.717, 1.165) is 19.4 Å². The monoisotopic (exact) mass is 371 g/mol. The van der Waals surface area contributed by atoms with E-state index in [1.165, 1.54) is 19.4 Å². The Bertz CT molecular complexity index is 566. The highest BCUT2D eigenvalue weighted by atomic mass is 79.9. The Morgan fingerprint density at radius 1 is 1.38 bits per heavy atom. The van der Waals surface area contributed by atoms with Crippen LogP contribution in [0, 0.1) is 5.82 Å². The van der Waals surface area contributed by atoms with Crippen LogP contribution in [-0.4, -0.2) is 35.1 Å². The van der Waals surface area contributed by atoms with Crippen LogP contribution in [0.25, 0.3) is 0 Å². The van der Waals surface area contributed by atoms with Crippen LogP contribution in [0.15, 0.2) is 16.6 Å². The van der Waals surface area contributed by atoms with Crippen molar-refractivity contribution in [3.8, 4) is 0 Å². The average Bonchev–Trinajstić information content (AvgIpc) is 2.91. The summed E-state index contributed by atoms with van der Waals surface area (Å²) < 4.78 is 14.8. The summed E-state index contributed by atoms with van der Waals surface area (Å²) in [5.41, 5.74) is 6.65. The van der Waals surface area contributed by atoms with E-state index in [9.17, 15) is 4.39 Å². The number of anilines is 1. The Morgan fingerprint density at radius 2 is 2.19 bits per heavy atom. The quantitative estimate of drug-likeness (QED) is 0.800. The van der Waals surface area contributed by atoms with Crippen molar-refractivity contribution in [1.82, 2.24) is 4.90 Å². The summed E-state index contributed by atoms with van der Waals surface area (Å²) in [7, 11) is 0. The molecule has 3 N–H and O–H groups in total. The maximum atomic E-state index is 14.4. The molecular formula is C15H19BrFN3S. The van der Waals surface area contributed by atoms with Gasteiger partial charge in [0.1, 0.15) is 4.99 Å². The minimum atomic E-state index is -0.311. The van der Waals surface area contributed by atoms with E-state index in [1.54, 1.807) is 12.1 Å². The highest BCUT2D eigenvalue weighted by molar-refractivity contribution is 9.10. The molecule has 0 saturated carbocycles. The first-order chi connectivity index (χ1) is 10.1. The second-order valence-corrected chi connectivity index (χ2v) is 7.08. The molecule has 21 heavy (non-hydrogen) atoms. The fourth-order valence-corrected chi connectivity index (χ4v) is 4.29. The highest BCUT2D eigenvalue weighted by Crippen LogP contribution is 2.31. The number of thiocarbonyl (C=S) groups is 1. The third kappa shape index (κ3) is 3.07. The third-order valence-corrected chi connectivity index (χ3v) is 5.52. The predicted molar refractivity (Wildman–Crippen MR) is 91.2 cm³/mol. The summed E-state index contributed by atoms with van der Waals surface area (Å²) in [6.45, 7) is 2.33. The van der Waals surface area contributed by atoms with Crippen LogP contribution in [-0.2, 0) is 0 Å². The molecule has 3 nitrogen and oxygen atoms in total. The van der Waals surface area contributed by atoms with Crippen LogP contribution in [0.3, 0.4) is 0 Å². The highest BCUT2D eigenvalue weighted by Gasteiger charge is 2.31. The largest absolute Gasteiger partial charge is 0.389 e. The summed E-state index contributed by atoms with van der Waals surface area (Å²) in [4.78, 5) is 2.76. The molecule has 2 aliphatic heterocycles. The molecule has 2 saturated heterocycles. The number of nitrogens with one attached hydrogen (secondary N) is 1. The molecule has 2 fully saturated rings. The Kier molecular flexibility index (Phi) is 4.47. The molecule has 2 atom stereocenters. The summed E-state index contributed by atoms with van der Waals surface area (Å²) >= 11 is 8.17. The van der Waals surface area contributed by atoms with E-state index in [1.807, 2.05) is 0 Å². The molecule has 114 valence electrons. The number of rotatable bonds is 3. The Balaban J connectivity index is 1.73. The first-order valence-corrected chi connectivity index (χ1v) is 8.55. The van der Waals surface area contributed by atoms with Crippen LogP contribution in [0.5, 0.6) is 0 Å². The second-order valence-electron chi connectivity index (χ2n) is 5.85. The third-order valence-electron chi connectivity index (χ3n) is 4.53. The summed E-state index contributed by atoms with van der Waals surface area (Å²) in [5.74, 6) is -0.311. The van der Waals surface area contributed by atoms with Crippen molar-refractivity contribution in [2.75, 3.05) is 18.4 Å². The molecule has 2 aliphatic rings. The lowest BCUT2D eigenvalue weighted by Crippen LogP contribution is -2.42. The topological polar surface area (TPSA) is 41.3 Å². The average molecular weight is 372 g/mol. The SMILES string of the molecule is NC(=S)c1ccc(NC2CCN3CCCC3C2)c(F)c1Br. The number of hydrogen-bond acceptors (Lipinski definition) is 3. The number of benzene rings is 1. The smallest absolute Gasteiger partial charge is 0.161 e. The Hall–Kier alpha value is -0.720. The number of piperidine rings is 1. The van der Waals surface area contributed by atoms with Gasteiger partial charge in [0, 0.05) is 24.2 Å². The van der Waals surface area contributed by atoms with Gasteiger partial charge in [-0.3, -0.25) is 0 Å². The van der Waals surface area contributed by atoms with E-state index in [-0.39, 0.29) is 10.8 Å². The molecule has 3 rings (SSSR count). The zero-order chi connectivity index (χ0) is 15.0. The molecule has 0 spiro atoms. The van der Waals surface area contributed by atoms with Crippen molar-refractivity contribution in [1.29, 1.82) is 0 Å². The van der Waals surface area contributed by atoms with E-state index < -0.39 is 0 Å². The normalized spacial score (nSPS) is 25.6. The van der Waals surface area contributed by atoms with Crippen LogP contribution < -0.4 is 11.1 Å². The Labute approximate surface area is 138 Å². The predicted octanol–water partition coefficient (Wildman–Crippen LogP) is 3.26. The van der Waals surface area contributed by atoms with Crippen LogP contribution >= 0.6 is 28.1 Å². The number of nitrogens with two attached hydrogens (primary N) is 1. The molecule has 0 radical (unpaired) electrons. The standard InChI is InChI=1S/C15H19BrFN3S/c16-13-11(15(18)21)3-4-12(14(13)17)19-9-5-7-20-6-1-2-10(20)8-9/h3-4,9-10,19H,1-2,5-8H2,(H2,18,21). The van der Waals surface area contributed by atoms with Crippen molar-refractivity contribution in [3.05, 3.63) is 28.0 Å². The van der Waals surface area contributed by atoms with Gasteiger partial charge in [0.2, 0.25) is 0 Å². The lowest BCUT2D eigenvalue weighted by Gasteiger charge is -2.35. The lowest BCUT2D eigenvalue weighted by atomic mass is 9.97. The maximum absolute atomic E-state index is 14.4. The maximum Gasteiger partial charge on any atom is 0.161 e. The molecule has 2 heterocycles. The minimum Gasteiger partial charge on any atom is -0.389 e.